The lowest BCUT2D eigenvalue weighted by atomic mass is 10.2. The minimum Gasteiger partial charge on any atom is -0.497 e. The lowest BCUT2D eigenvalue weighted by Crippen LogP contribution is -2.17. The highest BCUT2D eigenvalue weighted by atomic mass is 35.5. The van der Waals surface area contributed by atoms with Crippen LogP contribution in [-0.4, -0.2) is 20.1 Å². The Bertz CT molecular complexity index is 289. The summed E-state index contributed by atoms with van der Waals surface area (Å²) < 4.78 is 4.97. The van der Waals surface area contributed by atoms with E-state index in [1.165, 1.54) is 0 Å². The Morgan fingerprint density at radius 1 is 1.46 bits per heavy atom. The maximum Gasteiger partial charge on any atom is 0.251 e. The molecular weight excluding hydrogens is 190 g/mol. The van der Waals surface area contributed by atoms with Crippen molar-refractivity contribution in [3.05, 3.63) is 29.8 Å². The van der Waals surface area contributed by atoms with Gasteiger partial charge in [-0.3, -0.25) is 4.79 Å². The summed E-state index contributed by atoms with van der Waals surface area (Å²) in [6.45, 7) is 0. The van der Waals surface area contributed by atoms with Crippen molar-refractivity contribution >= 4 is 18.3 Å². The number of rotatable bonds is 2. The predicted octanol–water partition coefficient (Wildman–Crippen LogP) is 1.48. The van der Waals surface area contributed by atoms with Crippen molar-refractivity contribution in [1.82, 2.24) is 5.32 Å². The minimum absolute atomic E-state index is 0. The largest absolute Gasteiger partial charge is 0.497 e. The Kier molecular flexibility index (Phi) is 4.92. The van der Waals surface area contributed by atoms with E-state index < -0.39 is 0 Å². The number of hydrogen-bond acceptors (Lipinski definition) is 2. The summed E-state index contributed by atoms with van der Waals surface area (Å²) in [7, 11) is 3.17. The van der Waals surface area contributed by atoms with Crippen LogP contribution in [0.25, 0.3) is 0 Å². The fourth-order valence-electron chi connectivity index (χ4n) is 0.909. The number of carbonyl (C=O) groups excluding carboxylic acids is 1. The molecule has 1 amide bonds. The number of carbonyl (C=O) groups is 1. The van der Waals surface area contributed by atoms with Gasteiger partial charge in [-0.2, -0.15) is 0 Å². The van der Waals surface area contributed by atoms with Gasteiger partial charge < -0.3 is 10.1 Å². The van der Waals surface area contributed by atoms with E-state index in [2.05, 4.69) is 5.32 Å². The van der Waals surface area contributed by atoms with Gasteiger partial charge in [0.05, 0.1) is 7.11 Å². The zero-order chi connectivity index (χ0) is 8.97. The Hall–Kier alpha value is -1.22. The Labute approximate surface area is 83.5 Å². The highest BCUT2D eigenvalue weighted by Crippen LogP contribution is 2.11. The Morgan fingerprint density at radius 2 is 2.15 bits per heavy atom. The van der Waals surface area contributed by atoms with E-state index in [0.717, 1.165) is 0 Å². The second-order valence-corrected chi connectivity index (χ2v) is 2.31. The molecule has 0 unspecified atom stereocenters. The molecule has 0 radical (unpaired) electrons. The van der Waals surface area contributed by atoms with Gasteiger partial charge in [-0.15, -0.1) is 12.4 Å². The average molecular weight is 202 g/mol. The second kappa shape index (κ2) is 5.43. The molecule has 0 heterocycles. The molecule has 13 heavy (non-hydrogen) atoms. The van der Waals surface area contributed by atoms with Gasteiger partial charge in [0.15, 0.2) is 0 Å². The first kappa shape index (κ1) is 11.8. The molecular formula is C9H12ClNO2. The molecule has 0 spiro atoms. The SMILES string of the molecule is CNC(=O)c1cccc(OC)c1.Cl. The van der Waals surface area contributed by atoms with E-state index in [0.29, 0.717) is 11.3 Å². The van der Waals surface area contributed by atoms with Crippen LogP contribution in [0.3, 0.4) is 0 Å². The molecule has 0 aromatic heterocycles. The Morgan fingerprint density at radius 3 is 2.69 bits per heavy atom. The predicted molar refractivity (Wildman–Crippen MR) is 53.6 cm³/mol. The smallest absolute Gasteiger partial charge is 0.251 e. The third-order valence-electron chi connectivity index (χ3n) is 1.56. The average Bonchev–Trinajstić information content (AvgIpc) is 2.17. The molecule has 72 valence electrons. The van der Waals surface area contributed by atoms with Gasteiger partial charge in [-0.1, -0.05) is 6.07 Å². The van der Waals surface area contributed by atoms with Crippen LogP contribution < -0.4 is 10.1 Å². The third kappa shape index (κ3) is 2.95. The van der Waals surface area contributed by atoms with Gasteiger partial charge in [0.25, 0.3) is 5.91 Å². The lowest BCUT2D eigenvalue weighted by Gasteiger charge is -2.02. The van der Waals surface area contributed by atoms with Crippen molar-refractivity contribution in [3.63, 3.8) is 0 Å². The van der Waals surface area contributed by atoms with E-state index >= 15 is 0 Å². The van der Waals surface area contributed by atoms with Gasteiger partial charge >= 0.3 is 0 Å². The molecule has 1 aromatic rings. The summed E-state index contributed by atoms with van der Waals surface area (Å²) >= 11 is 0. The molecule has 0 atom stereocenters. The molecule has 0 aliphatic rings. The lowest BCUT2D eigenvalue weighted by molar-refractivity contribution is 0.0963. The van der Waals surface area contributed by atoms with E-state index in [-0.39, 0.29) is 18.3 Å². The maximum atomic E-state index is 11.1. The number of methoxy groups -OCH3 is 1. The van der Waals surface area contributed by atoms with Crippen LogP contribution >= 0.6 is 12.4 Å². The molecule has 1 aromatic carbocycles. The van der Waals surface area contributed by atoms with Crippen molar-refractivity contribution in [1.29, 1.82) is 0 Å². The molecule has 1 rings (SSSR count). The zero-order valence-electron chi connectivity index (χ0n) is 7.53. The quantitative estimate of drug-likeness (QED) is 0.787. The third-order valence-corrected chi connectivity index (χ3v) is 1.56. The number of hydrogen-bond donors (Lipinski definition) is 1. The molecule has 0 saturated heterocycles. The summed E-state index contributed by atoms with van der Waals surface area (Å²) in [4.78, 5) is 11.1. The fourth-order valence-corrected chi connectivity index (χ4v) is 0.909. The van der Waals surface area contributed by atoms with E-state index in [1.807, 2.05) is 0 Å². The van der Waals surface area contributed by atoms with Gasteiger partial charge in [0, 0.05) is 12.6 Å². The van der Waals surface area contributed by atoms with Gasteiger partial charge in [-0.05, 0) is 18.2 Å². The number of halogens is 1. The van der Waals surface area contributed by atoms with Crippen molar-refractivity contribution in [2.45, 2.75) is 0 Å². The van der Waals surface area contributed by atoms with Crippen LogP contribution in [0.1, 0.15) is 10.4 Å². The van der Waals surface area contributed by atoms with Crippen molar-refractivity contribution < 1.29 is 9.53 Å². The molecule has 3 nitrogen and oxygen atoms in total. The molecule has 4 heteroatoms. The molecule has 0 aliphatic heterocycles. The molecule has 0 saturated carbocycles. The Balaban J connectivity index is 0.00000144. The van der Waals surface area contributed by atoms with E-state index in [4.69, 9.17) is 4.74 Å². The first-order valence-corrected chi connectivity index (χ1v) is 3.64. The normalized spacial score (nSPS) is 8.46. The van der Waals surface area contributed by atoms with Crippen molar-refractivity contribution in [2.75, 3.05) is 14.2 Å². The highest BCUT2D eigenvalue weighted by molar-refractivity contribution is 5.94. The van der Waals surface area contributed by atoms with Crippen LogP contribution in [0.2, 0.25) is 0 Å². The highest BCUT2D eigenvalue weighted by Gasteiger charge is 2.02. The molecule has 0 aliphatic carbocycles. The van der Waals surface area contributed by atoms with Crippen LogP contribution in [0.15, 0.2) is 24.3 Å². The van der Waals surface area contributed by atoms with Crippen molar-refractivity contribution in [2.24, 2.45) is 0 Å². The second-order valence-electron chi connectivity index (χ2n) is 2.31. The minimum atomic E-state index is -0.103. The summed E-state index contributed by atoms with van der Waals surface area (Å²) in [5.41, 5.74) is 0.608. The van der Waals surface area contributed by atoms with Gasteiger partial charge in [0.2, 0.25) is 0 Å². The first-order valence-electron chi connectivity index (χ1n) is 3.64. The van der Waals surface area contributed by atoms with E-state index in [9.17, 15) is 4.79 Å². The zero-order valence-corrected chi connectivity index (χ0v) is 8.35. The first-order chi connectivity index (χ1) is 5.77. The van der Waals surface area contributed by atoms with Gasteiger partial charge in [0.1, 0.15) is 5.75 Å². The standard InChI is InChI=1S/C9H11NO2.ClH/c1-10-9(11)7-4-3-5-8(6-7)12-2;/h3-6H,1-2H3,(H,10,11);1H. The summed E-state index contributed by atoms with van der Waals surface area (Å²) in [5.74, 6) is 0.588. The maximum absolute atomic E-state index is 11.1. The fraction of sp³-hybridized carbons (Fsp3) is 0.222. The van der Waals surface area contributed by atoms with Crippen LogP contribution in [0, 0.1) is 0 Å². The summed E-state index contributed by atoms with van der Waals surface area (Å²) in [6, 6.07) is 7.01. The monoisotopic (exact) mass is 201 g/mol. The molecule has 1 N–H and O–H groups in total. The van der Waals surface area contributed by atoms with Gasteiger partial charge in [-0.25, -0.2) is 0 Å². The number of benzene rings is 1. The van der Waals surface area contributed by atoms with Crippen LogP contribution in [-0.2, 0) is 0 Å². The van der Waals surface area contributed by atoms with Crippen molar-refractivity contribution in [3.8, 4) is 5.75 Å². The number of amides is 1. The molecule has 0 fully saturated rings. The summed E-state index contributed by atoms with van der Waals surface area (Å²) in [5, 5.41) is 2.54. The van der Waals surface area contributed by atoms with E-state index in [1.54, 1.807) is 38.4 Å². The van der Waals surface area contributed by atoms with Crippen LogP contribution in [0.5, 0.6) is 5.75 Å². The number of ether oxygens (including phenoxy) is 1. The molecule has 0 bridgehead atoms. The van der Waals surface area contributed by atoms with Crippen LogP contribution in [0.4, 0.5) is 0 Å². The summed E-state index contributed by atoms with van der Waals surface area (Å²) in [6.07, 6.45) is 0. The topological polar surface area (TPSA) is 38.3 Å². The number of nitrogens with one attached hydrogen (secondary N) is 1.